The maximum absolute atomic E-state index is 12.9. The minimum absolute atomic E-state index is 0.213. The lowest BCUT2D eigenvalue weighted by atomic mass is 10.1. The van der Waals surface area contributed by atoms with Crippen molar-refractivity contribution in [1.29, 1.82) is 0 Å². The summed E-state index contributed by atoms with van der Waals surface area (Å²) in [6, 6.07) is 15.2. The number of ether oxygens (including phenoxy) is 1. The van der Waals surface area contributed by atoms with E-state index in [2.05, 4.69) is 10.5 Å². The van der Waals surface area contributed by atoms with Crippen molar-refractivity contribution in [3.05, 3.63) is 71.5 Å². The molecule has 0 saturated carbocycles. The number of methoxy groups -OCH3 is 1. The summed E-state index contributed by atoms with van der Waals surface area (Å²) in [6.45, 7) is 0.355. The molecule has 3 rings (SSSR count). The van der Waals surface area contributed by atoms with E-state index >= 15 is 0 Å². The molecule has 0 aliphatic heterocycles. The molecule has 0 saturated heterocycles. The number of nitrogens with zero attached hydrogens (tertiary/aromatic N) is 1. The fourth-order valence-electron chi connectivity index (χ4n) is 2.28. The maximum Gasteiger partial charge on any atom is 0.345 e. The fraction of sp³-hybridized carbons (Fsp3) is 0.111. The van der Waals surface area contributed by atoms with Gasteiger partial charge in [0, 0.05) is 12.1 Å². The van der Waals surface area contributed by atoms with Gasteiger partial charge in [0.2, 0.25) is 5.88 Å². The van der Waals surface area contributed by atoms with Crippen LogP contribution < -0.4 is 5.32 Å². The molecule has 0 unspecified atom stereocenters. The number of anilines is 1. The van der Waals surface area contributed by atoms with Gasteiger partial charge in [-0.2, -0.15) is 0 Å². The fourth-order valence-corrected chi connectivity index (χ4v) is 2.28. The largest absolute Gasteiger partial charge is 0.465 e. The zero-order valence-corrected chi connectivity index (χ0v) is 13.0. The van der Waals surface area contributed by atoms with Gasteiger partial charge in [-0.05, 0) is 17.7 Å². The lowest BCUT2D eigenvalue weighted by Gasteiger charge is -2.05. The highest BCUT2D eigenvalue weighted by molar-refractivity contribution is 6.00. The third-order valence-electron chi connectivity index (χ3n) is 3.50. The summed E-state index contributed by atoms with van der Waals surface area (Å²) in [7, 11) is 1.30. The first kappa shape index (κ1) is 15.7. The van der Waals surface area contributed by atoms with Crippen molar-refractivity contribution in [3.8, 4) is 11.3 Å². The SMILES string of the molecule is COC(=O)c1c(-c2ccccc2)noc1NCc1ccc(F)cc1. The van der Waals surface area contributed by atoms with Crippen LogP contribution >= 0.6 is 0 Å². The number of carbonyl (C=O) groups excluding carboxylic acids is 1. The van der Waals surface area contributed by atoms with Crippen molar-refractivity contribution in [3.63, 3.8) is 0 Å². The number of halogens is 1. The second-order valence-electron chi connectivity index (χ2n) is 5.07. The van der Waals surface area contributed by atoms with Crippen molar-refractivity contribution in [2.45, 2.75) is 6.54 Å². The Bertz CT molecular complexity index is 829. The highest BCUT2D eigenvalue weighted by atomic mass is 19.1. The van der Waals surface area contributed by atoms with Gasteiger partial charge >= 0.3 is 5.97 Å². The van der Waals surface area contributed by atoms with Gasteiger partial charge < -0.3 is 14.6 Å². The van der Waals surface area contributed by atoms with Crippen LogP contribution in [-0.2, 0) is 11.3 Å². The van der Waals surface area contributed by atoms with Crippen molar-refractivity contribution >= 4 is 11.9 Å². The molecule has 5 nitrogen and oxygen atoms in total. The molecule has 1 aromatic heterocycles. The van der Waals surface area contributed by atoms with Crippen LogP contribution in [0.3, 0.4) is 0 Å². The Labute approximate surface area is 138 Å². The van der Waals surface area contributed by atoms with Gasteiger partial charge in [0.15, 0.2) is 5.56 Å². The third-order valence-corrected chi connectivity index (χ3v) is 3.50. The standard InChI is InChI=1S/C18H15FN2O3/c1-23-18(22)15-16(13-5-3-2-4-6-13)21-24-17(15)20-11-12-7-9-14(19)10-8-12/h2-10,20H,11H2,1H3. The number of benzene rings is 2. The Hall–Kier alpha value is -3.15. The van der Waals surface area contributed by atoms with Crippen LogP contribution in [0.4, 0.5) is 10.3 Å². The molecule has 0 amide bonds. The number of hydrogen-bond donors (Lipinski definition) is 1. The van der Waals surface area contributed by atoms with Crippen LogP contribution in [0.15, 0.2) is 59.1 Å². The van der Waals surface area contributed by atoms with Crippen LogP contribution in [0.2, 0.25) is 0 Å². The van der Waals surface area contributed by atoms with Crippen LogP contribution in [0, 0.1) is 5.82 Å². The predicted octanol–water partition coefficient (Wildman–Crippen LogP) is 3.88. The number of aromatic nitrogens is 1. The quantitative estimate of drug-likeness (QED) is 0.721. The van der Waals surface area contributed by atoms with E-state index in [0.29, 0.717) is 12.2 Å². The normalized spacial score (nSPS) is 10.4. The van der Waals surface area contributed by atoms with Gasteiger partial charge in [-0.15, -0.1) is 0 Å². The zero-order chi connectivity index (χ0) is 16.9. The van der Waals surface area contributed by atoms with E-state index in [9.17, 15) is 9.18 Å². The Morgan fingerprint density at radius 3 is 2.54 bits per heavy atom. The highest BCUT2D eigenvalue weighted by Crippen LogP contribution is 2.29. The molecule has 2 aromatic carbocycles. The second kappa shape index (κ2) is 6.95. The van der Waals surface area contributed by atoms with E-state index in [1.54, 1.807) is 12.1 Å². The summed E-state index contributed by atoms with van der Waals surface area (Å²) in [6.07, 6.45) is 0. The molecule has 0 radical (unpaired) electrons. The summed E-state index contributed by atoms with van der Waals surface area (Å²) >= 11 is 0. The summed E-state index contributed by atoms with van der Waals surface area (Å²) in [5.74, 6) is -0.637. The predicted molar refractivity (Wildman–Crippen MR) is 87.0 cm³/mol. The van der Waals surface area contributed by atoms with Crippen molar-refractivity contribution < 1.29 is 18.4 Å². The minimum Gasteiger partial charge on any atom is -0.465 e. The van der Waals surface area contributed by atoms with Crippen molar-refractivity contribution in [2.24, 2.45) is 0 Å². The zero-order valence-electron chi connectivity index (χ0n) is 13.0. The Kier molecular flexibility index (Phi) is 4.56. The highest BCUT2D eigenvalue weighted by Gasteiger charge is 2.24. The third kappa shape index (κ3) is 3.27. The Balaban J connectivity index is 1.89. The first-order chi connectivity index (χ1) is 11.7. The van der Waals surface area contributed by atoms with E-state index in [-0.39, 0.29) is 17.3 Å². The number of esters is 1. The van der Waals surface area contributed by atoms with Crippen LogP contribution in [-0.4, -0.2) is 18.2 Å². The first-order valence-corrected chi connectivity index (χ1v) is 7.30. The van der Waals surface area contributed by atoms with Crippen LogP contribution in [0.1, 0.15) is 15.9 Å². The van der Waals surface area contributed by atoms with Crippen LogP contribution in [0.5, 0.6) is 0 Å². The lowest BCUT2D eigenvalue weighted by Crippen LogP contribution is -2.07. The molecule has 0 bridgehead atoms. The molecule has 0 aliphatic carbocycles. The van der Waals surface area contributed by atoms with Crippen molar-refractivity contribution in [1.82, 2.24) is 5.16 Å². The molecule has 3 aromatic rings. The molecule has 0 fully saturated rings. The number of nitrogens with one attached hydrogen (secondary N) is 1. The number of hydrogen-bond acceptors (Lipinski definition) is 5. The summed E-state index contributed by atoms with van der Waals surface area (Å²) in [4.78, 5) is 12.1. The van der Waals surface area contributed by atoms with E-state index in [4.69, 9.17) is 9.26 Å². The Morgan fingerprint density at radius 2 is 1.88 bits per heavy atom. The second-order valence-corrected chi connectivity index (χ2v) is 5.07. The van der Waals surface area contributed by atoms with Crippen LogP contribution in [0.25, 0.3) is 11.3 Å². The van der Waals surface area contributed by atoms with Crippen molar-refractivity contribution in [2.75, 3.05) is 12.4 Å². The summed E-state index contributed by atoms with van der Waals surface area (Å²) in [5.41, 5.74) is 2.22. The smallest absolute Gasteiger partial charge is 0.345 e. The molecule has 0 spiro atoms. The monoisotopic (exact) mass is 326 g/mol. The first-order valence-electron chi connectivity index (χ1n) is 7.30. The summed E-state index contributed by atoms with van der Waals surface area (Å²) in [5, 5.41) is 6.99. The average Bonchev–Trinajstić information content (AvgIpc) is 3.05. The summed E-state index contributed by atoms with van der Waals surface area (Å²) < 4.78 is 23.1. The molecule has 122 valence electrons. The maximum atomic E-state index is 12.9. The van der Waals surface area contributed by atoms with Gasteiger partial charge in [0.05, 0.1) is 7.11 Å². The Morgan fingerprint density at radius 1 is 1.17 bits per heavy atom. The van der Waals surface area contributed by atoms with E-state index in [0.717, 1.165) is 11.1 Å². The molecule has 24 heavy (non-hydrogen) atoms. The molecule has 6 heteroatoms. The number of rotatable bonds is 5. The van der Waals surface area contributed by atoms with Gasteiger partial charge in [-0.3, -0.25) is 0 Å². The number of carbonyl (C=O) groups is 1. The van der Waals surface area contributed by atoms with Gasteiger partial charge in [0.25, 0.3) is 0 Å². The molecule has 0 atom stereocenters. The van der Waals surface area contributed by atoms with E-state index < -0.39 is 5.97 Å². The molecule has 0 aliphatic rings. The minimum atomic E-state index is -0.545. The average molecular weight is 326 g/mol. The van der Waals surface area contributed by atoms with Gasteiger partial charge in [-0.25, -0.2) is 9.18 Å². The van der Waals surface area contributed by atoms with Gasteiger partial charge in [0.1, 0.15) is 11.5 Å². The molecule has 1 N–H and O–H groups in total. The van der Waals surface area contributed by atoms with E-state index in [1.807, 2.05) is 30.3 Å². The van der Waals surface area contributed by atoms with E-state index in [1.165, 1.54) is 19.2 Å². The lowest BCUT2D eigenvalue weighted by molar-refractivity contribution is 0.0602. The molecular weight excluding hydrogens is 311 g/mol. The molecular formula is C18H15FN2O3. The molecule has 1 heterocycles. The van der Waals surface area contributed by atoms with Gasteiger partial charge in [-0.1, -0.05) is 47.6 Å². The topological polar surface area (TPSA) is 64.4 Å².